The molecule has 0 N–H and O–H groups in total. The minimum Gasteiger partial charge on any atom is -0.545 e. The number of rotatable bonds is 6. The number of nitrogens with zero attached hydrogens (tertiary/aromatic N) is 1. The third-order valence-corrected chi connectivity index (χ3v) is 3.85. The molecule has 2 aromatic rings. The van der Waals surface area contributed by atoms with Crippen LogP contribution in [0.2, 0.25) is 0 Å². The number of aromatic nitrogens is 1. The molecule has 0 aliphatic carbocycles. The second-order valence-corrected chi connectivity index (χ2v) is 5.09. The lowest BCUT2D eigenvalue weighted by atomic mass is 10.1. The standard InChI is InChI=1S/C15H13NO4S/c1-20-13-5-4-10(8-17)7-11(13)9-21-14-12(15(18)19)3-2-6-16-14/h2-8H,9H2,1H3,(H,18,19)/p-1. The second kappa shape index (κ2) is 6.90. The second-order valence-electron chi connectivity index (χ2n) is 4.12. The van der Waals surface area contributed by atoms with Crippen LogP contribution in [-0.2, 0) is 5.75 Å². The minimum atomic E-state index is -1.26. The predicted octanol–water partition coefficient (Wildman–Crippen LogP) is 1.56. The van der Waals surface area contributed by atoms with E-state index >= 15 is 0 Å². The topological polar surface area (TPSA) is 79.3 Å². The minimum absolute atomic E-state index is 0.0491. The first kappa shape index (κ1) is 15.1. The molecule has 0 aliphatic heterocycles. The number of hydrogen-bond acceptors (Lipinski definition) is 6. The molecule has 0 unspecified atom stereocenters. The zero-order valence-electron chi connectivity index (χ0n) is 11.2. The van der Waals surface area contributed by atoms with E-state index in [2.05, 4.69) is 4.98 Å². The molecule has 1 heterocycles. The smallest absolute Gasteiger partial charge is 0.150 e. The first-order valence-electron chi connectivity index (χ1n) is 6.07. The predicted molar refractivity (Wildman–Crippen MR) is 76.5 cm³/mol. The average Bonchev–Trinajstić information content (AvgIpc) is 2.52. The summed E-state index contributed by atoms with van der Waals surface area (Å²) >= 11 is 1.25. The van der Waals surface area contributed by atoms with E-state index in [-0.39, 0.29) is 5.56 Å². The Kier molecular flexibility index (Phi) is 4.94. The van der Waals surface area contributed by atoms with Crippen molar-refractivity contribution in [2.24, 2.45) is 0 Å². The van der Waals surface area contributed by atoms with Crippen molar-refractivity contribution in [3.8, 4) is 5.75 Å². The molecule has 108 valence electrons. The van der Waals surface area contributed by atoms with E-state index < -0.39 is 5.97 Å². The number of ether oxygens (including phenoxy) is 1. The number of carbonyl (C=O) groups is 2. The lowest BCUT2D eigenvalue weighted by Gasteiger charge is -2.11. The molecule has 0 amide bonds. The van der Waals surface area contributed by atoms with Gasteiger partial charge in [-0.05, 0) is 30.3 Å². The Bertz CT molecular complexity index is 672. The molecule has 21 heavy (non-hydrogen) atoms. The first-order chi connectivity index (χ1) is 10.2. The molecule has 2 rings (SSSR count). The summed E-state index contributed by atoms with van der Waals surface area (Å²) in [6, 6.07) is 8.07. The monoisotopic (exact) mass is 302 g/mol. The number of carbonyl (C=O) groups excluding carboxylic acids is 2. The van der Waals surface area contributed by atoms with Crippen molar-refractivity contribution in [1.29, 1.82) is 0 Å². The maximum Gasteiger partial charge on any atom is 0.150 e. The van der Waals surface area contributed by atoms with E-state index in [1.165, 1.54) is 31.1 Å². The molecule has 1 aromatic heterocycles. The highest BCUT2D eigenvalue weighted by Crippen LogP contribution is 2.29. The number of pyridine rings is 1. The molecule has 0 fully saturated rings. The number of thioether (sulfide) groups is 1. The summed E-state index contributed by atoms with van der Waals surface area (Å²) in [5.74, 6) is -0.194. The molecular formula is C15H12NO4S-. The van der Waals surface area contributed by atoms with Crippen molar-refractivity contribution in [2.45, 2.75) is 10.8 Å². The molecule has 1 aromatic carbocycles. The SMILES string of the molecule is COc1ccc(C=O)cc1CSc1ncccc1C(=O)[O-]. The summed E-state index contributed by atoms with van der Waals surface area (Å²) in [4.78, 5) is 25.9. The molecule has 0 saturated carbocycles. The van der Waals surface area contributed by atoms with Crippen molar-refractivity contribution in [3.63, 3.8) is 0 Å². The summed E-state index contributed by atoms with van der Waals surface area (Å²) in [6.45, 7) is 0. The lowest BCUT2D eigenvalue weighted by molar-refractivity contribution is -0.255. The van der Waals surface area contributed by atoms with E-state index in [1.54, 1.807) is 24.3 Å². The van der Waals surface area contributed by atoms with Crippen LogP contribution >= 0.6 is 11.8 Å². The van der Waals surface area contributed by atoms with Crippen molar-refractivity contribution in [2.75, 3.05) is 7.11 Å². The van der Waals surface area contributed by atoms with Crippen LogP contribution < -0.4 is 9.84 Å². The number of aldehydes is 1. The highest BCUT2D eigenvalue weighted by Gasteiger charge is 2.09. The Morgan fingerprint density at radius 3 is 2.90 bits per heavy atom. The van der Waals surface area contributed by atoms with E-state index in [9.17, 15) is 14.7 Å². The van der Waals surface area contributed by atoms with Gasteiger partial charge in [-0.25, -0.2) is 4.98 Å². The van der Waals surface area contributed by atoms with Gasteiger partial charge in [-0.2, -0.15) is 0 Å². The van der Waals surface area contributed by atoms with Gasteiger partial charge in [0, 0.05) is 28.6 Å². The van der Waals surface area contributed by atoms with Crippen LogP contribution in [0.5, 0.6) is 5.75 Å². The summed E-state index contributed by atoms with van der Waals surface area (Å²) in [6.07, 6.45) is 2.27. The Morgan fingerprint density at radius 1 is 1.43 bits per heavy atom. The van der Waals surface area contributed by atoms with Gasteiger partial charge in [0.1, 0.15) is 17.1 Å². The fourth-order valence-corrected chi connectivity index (χ4v) is 2.75. The van der Waals surface area contributed by atoms with Crippen molar-refractivity contribution in [1.82, 2.24) is 4.98 Å². The van der Waals surface area contributed by atoms with Gasteiger partial charge in [0.2, 0.25) is 0 Å². The normalized spacial score (nSPS) is 10.1. The van der Waals surface area contributed by atoms with Crippen molar-refractivity contribution >= 4 is 24.0 Å². The fourth-order valence-electron chi connectivity index (χ4n) is 1.79. The zero-order valence-corrected chi connectivity index (χ0v) is 12.1. The molecule has 0 radical (unpaired) electrons. The number of aromatic carboxylic acids is 1. The molecule has 5 nitrogen and oxygen atoms in total. The Labute approximate surface area is 126 Å². The summed E-state index contributed by atoms with van der Waals surface area (Å²) in [5, 5.41) is 11.4. The molecule has 0 saturated heterocycles. The van der Waals surface area contributed by atoms with Crippen LogP contribution in [0.3, 0.4) is 0 Å². The third kappa shape index (κ3) is 3.61. The van der Waals surface area contributed by atoms with Gasteiger partial charge in [0.15, 0.2) is 0 Å². The average molecular weight is 302 g/mol. The number of carboxylic acid groups (broad SMARTS) is 1. The van der Waals surface area contributed by atoms with Crippen molar-refractivity contribution in [3.05, 3.63) is 53.2 Å². The van der Waals surface area contributed by atoms with E-state index in [0.29, 0.717) is 22.1 Å². The van der Waals surface area contributed by atoms with Gasteiger partial charge in [0.05, 0.1) is 13.1 Å². The fraction of sp³-hybridized carbons (Fsp3) is 0.133. The number of benzene rings is 1. The third-order valence-electron chi connectivity index (χ3n) is 2.80. The lowest BCUT2D eigenvalue weighted by Crippen LogP contribution is -2.23. The number of carboxylic acids is 1. The van der Waals surface area contributed by atoms with E-state index in [1.807, 2.05) is 0 Å². The van der Waals surface area contributed by atoms with Crippen LogP contribution in [-0.4, -0.2) is 24.3 Å². The highest BCUT2D eigenvalue weighted by molar-refractivity contribution is 7.98. The van der Waals surface area contributed by atoms with Gasteiger partial charge in [-0.15, -0.1) is 11.8 Å². The summed E-state index contributed by atoms with van der Waals surface area (Å²) < 4.78 is 5.23. The summed E-state index contributed by atoms with van der Waals surface area (Å²) in [5.41, 5.74) is 1.38. The van der Waals surface area contributed by atoms with Crippen LogP contribution in [0.25, 0.3) is 0 Å². The Morgan fingerprint density at radius 2 is 2.24 bits per heavy atom. The number of methoxy groups -OCH3 is 1. The van der Waals surface area contributed by atoms with Crippen LogP contribution in [0, 0.1) is 0 Å². The molecule has 0 atom stereocenters. The largest absolute Gasteiger partial charge is 0.545 e. The van der Waals surface area contributed by atoms with Crippen LogP contribution in [0.15, 0.2) is 41.6 Å². The van der Waals surface area contributed by atoms with Crippen LogP contribution in [0.1, 0.15) is 26.3 Å². The van der Waals surface area contributed by atoms with Crippen LogP contribution in [0.4, 0.5) is 0 Å². The molecule has 6 heteroatoms. The Balaban J connectivity index is 2.24. The van der Waals surface area contributed by atoms with Gasteiger partial charge in [-0.1, -0.05) is 0 Å². The quantitative estimate of drug-likeness (QED) is 0.595. The van der Waals surface area contributed by atoms with Crippen molar-refractivity contribution < 1.29 is 19.4 Å². The maximum absolute atomic E-state index is 11.0. The zero-order chi connectivity index (χ0) is 15.2. The van der Waals surface area contributed by atoms with Gasteiger partial charge < -0.3 is 14.6 Å². The van der Waals surface area contributed by atoms with Gasteiger partial charge in [-0.3, -0.25) is 4.79 Å². The molecule has 0 spiro atoms. The van der Waals surface area contributed by atoms with E-state index in [0.717, 1.165) is 11.8 Å². The summed E-state index contributed by atoms with van der Waals surface area (Å²) in [7, 11) is 1.54. The van der Waals surface area contributed by atoms with E-state index in [4.69, 9.17) is 4.74 Å². The van der Waals surface area contributed by atoms with Gasteiger partial charge in [0.25, 0.3) is 0 Å². The molecule has 0 bridgehead atoms. The Hall–Kier alpha value is -2.34. The highest BCUT2D eigenvalue weighted by atomic mass is 32.2. The molecular weight excluding hydrogens is 290 g/mol. The maximum atomic E-state index is 11.0. The number of hydrogen-bond donors (Lipinski definition) is 0. The molecule has 0 aliphatic rings. The van der Waals surface area contributed by atoms with Gasteiger partial charge >= 0.3 is 0 Å². The first-order valence-corrected chi connectivity index (χ1v) is 7.05.